The van der Waals surface area contributed by atoms with Crippen LogP contribution in [0.15, 0.2) is 0 Å². The average Bonchev–Trinajstić information content (AvgIpc) is 2.72. The zero-order chi connectivity index (χ0) is 17.5. The van der Waals surface area contributed by atoms with Crippen LogP contribution in [0.1, 0.15) is 20.8 Å². The van der Waals surface area contributed by atoms with Crippen LogP contribution in [-0.2, 0) is 23.9 Å². The van der Waals surface area contributed by atoms with Gasteiger partial charge in [0.05, 0.1) is 6.61 Å². The highest BCUT2D eigenvalue weighted by Gasteiger charge is 2.64. The number of thioether (sulfide) groups is 1. The van der Waals surface area contributed by atoms with Crippen LogP contribution in [-0.4, -0.2) is 67.4 Å². The van der Waals surface area contributed by atoms with Gasteiger partial charge in [-0.05, 0) is 20.8 Å². The van der Waals surface area contributed by atoms with E-state index in [0.29, 0.717) is 0 Å². The highest BCUT2D eigenvalue weighted by atomic mass is 79.9. The summed E-state index contributed by atoms with van der Waals surface area (Å²) in [5.41, 5.74) is 0. The summed E-state index contributed by atoms with van der Waals surface area (Å²) in [6.45, 7) is 5.24. The van der Waals surface area contributed by atoms with E-state index in [2.05, 4.69) is 21.2 Å². The van der Waals surface area contributed by atoms with Gasteiger partial charge in [0.2, 0.25) is 11.8 Å². The largest absolute Gasteiger partial charge is 0.480 e. The van der Waals surface area contributed by atoms with Crippen LogP contribution in [0.4, 0.5) is 0 Å². The molecule has 23 heavy (non-hydrogen) atoms. The molecule has 2 saturated heterocycles. The Morgan fingerprint density at radius 1 is 1.48 bits per heavy atom. The predicted octanol–water partition coefficient (Wildman–Crippen LogP) is -0.0553. The van der Waals surface area contributed by atoms with Gasteiger partial charge in [-0.3, -0.25) is 14.4 Å². The second-order valence-electron chi connectivity index (χ2n) is 5.70. The molecule has 2 fully saturated rings. The summed E-state index contributed by atoms with van der Waals surface area (Å²) >= 11 is 4.25. The highest BCUT2D eigenvalue weighted by molar-refractivity contribution is 9.10. The summed E-state index contributed by atoms with van der Waals surface area (Å²) < 4.78 is 4.06. The number of hydrogen-bond acceptors (Lipinski definition) is 6. The standard InChI is InChI=1S/C13H17BrN2O6S/c1-4-22-12(21)5(14)8(17)15-6-9(18)16-7(11(19)20)13(2,3)23-10(6)16/h5-7,10H,4H2,1-3H3,(H,15,17)(H,19,20)/t5?,6-,7+,10-/m1/s1. The lowest BCUT2D eigenvalue weighted by Gasteiger charge is -2.43. The van der Waals surface area contributed by atoms with Gasteiger partial charge in [-0.15, -0.1) is 11.8 Å². The van der Waals surface area contributed by atoms with Crippen LogP contribution in [0.2, 0.25) is 0 Å². The minimum Gasteiger partial charge on any atom is -0.480 e. The van der Waals surface area contributed by atoms with Gasteiger partial charge >= 0.3 is 11.9 Å². The number of ether oxygens (including phenoxy) is 1. The second-order valence-corrected chi connectivity index (χ2v) is 8.39. The molecule has 0 saturated carbocycles. The summed E-state index contributed by atoms with van der Waals surface area (Å²) in [5.74, 6) is -2.96. The minimum atomic E-state index is -1.21. The number of carbonyl (C=O) groups is 4. The van der Waals surface area contributed by atoms with E-state index in [1.165, 1.54) is 16.7 Å². The van der Waals surface area contributed by atoms with Gasteiger partial charge < -0.3 is 20.1 Å². The lowest BCUT2D eigenvalue weighted by Crippen LogP contribution is -2.71. The first-order chi connectivity index (χ1) is 10.6. The number of nitrogens with zero attached hydrogens (tertiary/aromatic N) is 1. The second kappa shape index (κ2) is 6.31. The summed E-state index contributed by atoms with van der Waals surface area (Å²) in [5, 5.41) is 11.3. The van der Waals surface area contributed by atoms with Crippen LogP contribution in [0, 0.1) is 0 Å². The number of amides is 2. The van der Waals surface area contributed by atoms with Crippen molar-refractivity contribution < 1.29 is 29.0 Å². The number of fused-ring (bicyclic) bond motifs is 1. The monoisotopic (exact) mass is 408 g/mol. The van der Waals surface area contributed by atoms with Crippen molar-refractivity contribution in [2.45, 2.75) is 47.8 Å². The van der Waals surface area contributed by atoms with E-state index in [1.54, 1.807) is 20.8 Å². The Bertz CT molecular complexity index is 569. The smallest absolute Gasteiger partial charge is 0.329 e. The van der Waals surface area contributed by atoms with E-state index in [-0.39, 0.29) is 6.61 Å². The van der Waals surface area contributed by atoms with E-state index in [4.69, 9.17) is 4.74 Å². The number of β-lactam (4-membered cyclic amide) rings is 1. The normalized spacial score (nSPS) is 29.3. The first kappa shape index (κ1) is 18.1. The van der Waals surface area contributed by atoms with Crippen LogP contribution in [0.5, 0.6) is 0 Å². The topological polar surface area (TPSA) is 113 Å². The van der Waals surface area contributed by atoms with Crippen LogP contribution in [0.3, 0.4) is 0 Å². The maximum absolute atomic E-state index is 12.2. The fourth-order valence-electron chi connectivity index (χ4n) is 2.69. The average molecular weight is 409 g/mol. The third-order valence-corrected chi connectivity index (χ3v) is 6.06. The number of rotatable bonds is 5. The molecule has 2 rings (SSSR count). The molecule has 2 amide bonds. The van der Waals surface area contributed by atoms with Gasteiger partial charge in [0, 0.05) is 4.75 Å². The number of nitrogens with one attached hydrogen (secondary N) is 1. The molecule has 0 bridgehead atoms. The van der Waals surface area contributed by atoms with Gasteiger partial charge in [0.15, 0.2) is 4.83 Å². The van der Waals surface area contributed by atoms with E-state index in [9.17, 15) is 24.3 Å². The lowest BCUT2D eigenvalue weighted by atomic mass is 9.96. The number of carbonyl (C=O) groups excluding carboxylic acids is 3. The van der Waals surface area contributed by atoms with Crippen molar-refractivity contribution in [2.24, 2.45) is 0 Å². The molecule has 1 unspecified atom stereocenters. The molecule has 0 aromatic carbocycles. The molecule has 128 valence electrons. The van der Waals surface area contributed by atoms with Gasteiger partial charge in [-0.1, -0.05) is 15.9 Å². The van der Waals surface area contributed by atoms with E-state index in [1.807, 2.05) is 0 Å². The van der Waals surface area contributed by atoms with E-state index < -0.39 is 50.8 Å². The molecule has 0 aromatic heterocycles. The predicted molar refractivity (Wildman–Crippen MR) is 85.0 cm³/mol. The zero-order valence-corrected chi connectivity index (χ0v) is 15.1. The van der Waals surface area contributed by atoms with E-state index in [0.717, 1.165) is 0 Å². The third-order valence-electron chi connectivity index (χ3n) is 3.70. The Hall–Kier alpha value is -1.29. The first-order valence-electron chi connectivity index (χ1n) is 6.95. The molecular formula is C13H17BrN2O6S. The third kappa shape index (κ3) is 3.06. The SMILES string of the molecule is CCOC(=O)C(Br)C(=O)N[C@@H]1C(=O)N2[C@@H]1SC(C)(C)[C@@H]2C(=O)O. The summed E-state index contributed by atoms with van der Waals surface area (Å²) in [6.07, 6.45) is 0. The molecule has 0 radical (unpaired) electrons. The maximum Gasteiger partial charge on any atom is 0.329 e. The molecule has 0 spiro atoms. The fraction of sp³-hybridized carbons (Fsp3) is 0.692. The summed E-state index contributed by atoms with van der Waals surface area (Å²) in [6, 6.07) is -1.78. The van der Waals surface area contributed by atoms with Crippen molar-refractivity contribution in [3.63, 3.8) is 0 Å². The molecule has 2 heterocycles. The number of carboxylic acids is 1. The van der Waals surface area contributed by atoms with Crippen molar-refractivity contribution in [3.8, 4) is 0 Å². The van der Waals surface area contributed by atoms with E-state index >= 15 is 0 Å². The fourth-order valence-corrected chi connectivity index (χ4v) is 4.58. The van der Waals surface area contributed by atoms with Crippen LogP contribution in [0.25, 0.3) is 0 Å². The molecule has 0 aromatic rings. The van der Waals surface area contributed by atoms with Gasteiger partial charge in [0.25, 0.3) is 0 Å². The van der Waals surface area contributed by atoms with Gasteiger partial charge in [-0.25, -0.2) is 4.79 Å². The van der Waals surface area contributed by atoms with Crippen LogP contribution < -0.4 is 5.32 Å². The zero-order valence-electron chi connectivity index (χ0n) is 12.7. The van der Waals surface area contributed by atoms with Gasteiger partial charge in [-0.2, -0.15) is 0 Å². The number of esters is 1. The lowest BCUT2D eigenvalue weighted by molar-refractivity contribution is -0.161. The van der Waals surface area contributed by atoms with Crippen molar-refractivity contribution >= 4 is 51.4 Å². The minimum absolute atomic E-state index is 0.136. The summed E-state index contributed by atoms with van der Waals surface area (Å²) in [7, 11) is 0. The number of halogens is 1. The van der Waals surface area contributed by atoms with Gasteiger partial charge in [0.1, 0.15) is 17.5 Å². The van der Waals surface area contributed by atoms with Crippen LogP contribution >= 0.6 is 27.7 Å². The van der Waals surface area contributed by atoms with Crippen molar-refractivity contribution in [1.82, 2.24) is 10.2 Å². The van der Waals surface area contributed by atoms with Crippen molar-refractivity contribution in [3.05, 3.63) is 0 Å². The molecule has 10 heteroatoms. The molecular weight excluding hydrogens is 392 g/mol. The number of alkyl halides is 1. The number of aliphatic carboxylic acids is 1. The Morgan fingerprint density at radius 3 is 2.61 bits per heavy atom. The Kier molecular flexibility index (Phi) is 4.95. The Morgan fingerprint density at radius 2 is 2.09 bits per heavy atom. The molecule has 2 aliphatic rings. The molecule has 2 N–H and O–H groups in total. The summed E-state index contributed by atoms with van der Waals surface area (Å²) in [4.78, 5) is 47.2. The highest BCUT2D eigenvalue weighted by Crippen LogP contribution is 2.50. The Balaban J connectivity index is 2.05. The quantitative estimate of drug-likeness (QED) is 0.283. The molecule has 2 aliphatic heterocycles. The molecule has 8 nitrogen and oxygen atoms in total. The molecule has 0 aliphatic carbocycles. The number of carboxylic acid groups (broad SMARTS) is 1. The van der Waals surface area contributed by atoms with Crippen molar-refractivity contribution in [2.75, 3.05) is 6.61 Å². The molecule has 4 atom stereocenters. The first-order valence-corrected chi connectivity index (χ1v) is 8.75. The number of hydrogen-bond donors (Lipinski definition) is 2. The maximum atomic E-state index is 12.2. The Labute approximate surface area is 145 Å². The van der Waals surface area contributed by atoms with Crippen molar-refractivity contribution in [1.29, 1.82) is 0 Å².